The Hall–Kier alpha value is -1.58. The van der Waals surface area contributed by atoms with Gasteiger partial charge >= 0.3 is 0 Å². The Kier molecular flexibility index (Phi) is 2.63. The smallest absolute Gasteiger partial charge is 0.121 e. The second kappa shape index (κ2) is 3.71. The van der Waals surface area contributed by atoms with Gasteiger partial charge in [-0.05, 0) is 18.9 Å². The fraction of sp³-hybridized carbons (Fsp3) is 0.125. The van der Waals surface area contributed by atoms with E-state index in [1.165, 1.54) is 18.7 Å². The molecule has 0 aliphatic heterocycles. The average Bonchev–Trinajstić information content (AvgIpc) is 2.16. The predicted octanol–water partition coefficient (Wildman–Crippen LogP) is 2.32. The van der Waals surface area contributed by atoms with Gasteiger partial charge in [0.25, 0.3) is 0 Å². The molecule has 0 unspecified atom stereocenters. The first-order valence-electron chi connectivity index (χ1n) is 3.33. The van der Waals surface area contributed by atoms with Crippen LogP contribution in [-0.2, 0) is 0 Å². The van der Waals surface area contributed by atoms with Gasteiger partial charge < -0.3 is 4.74 Å². The molecule has 1 aromatic carbocycles. The lowest BCUT2D eigenvalue weighted by molar-refractivity contribution is 0.414. The summed E-state index contributed by atoms with van der Waals surface area (Å²) in [6.07, 6.45) is 0. The van der Waals surface area contributed by atoms with E-state index in [1.807, 2.05) is 0 Å². The van der Waals surface area contributed by atoms with E-state index in [2.05, 4.69) is 11.7 Å². The molecule has 0 saturated heterocycles. The van der Waals surface area contributed by atoms with Crippen molar-refractivity contribution in [3.63, 3.8) is 0 Å². The molecule has 1 aromatic rings. The van der Waals surface area contributed by atoms with Crippen molar-refractivity contribution in [1.82, 2.24) is 0 Å². The molecule has 12 heavy (non-hydrogen) atoms. The lowest BCUT2D eigenvalue weighted by Crippen LogP contribution is -1.86. The highest BCUT2D eigenvalue weighted by molar-refractivity contribution is 5.68. The minimum absolute atomic E-state index is 0.254. The zero-order chi connectivity index (χ0) is 8.97. The highest BCUT2D eigenvalue weighted by atomic mass is 19.2. The number of aliphatic imine (C=N–C) groups is 1. The third-order valence-corrected chi connectivity index (χ3v) is 1.48. The number of hydrogen-bond donors (Lipinski definition) is 1. The van der Waals surface area contributed by atoms with Crippen molar-refractivity contribution in [2.45, 2.75) is 0 Å². The van der Waals surface area contributed by atoms with Crippen molar-refractivity contribution in [2.24, 2.45) is 4.99 Å². The monoisotopic (exact) mass is 168 g/mol. The van der Waals surface area contributed by atoms with Crippen LogP contribution in [0.3, 0.4) is 0 Å². The maximum absolute atomic E-state index is 12.1. The number of methoxy groups -OCH3 is 1. The van der Waals surface area contributed by atoms with Gasteiger partial charge in [0.05, 0.1) is 18.5 Å². The number of nitrogens with one attached hydrogen (secondary N) is 1. The summed E-state index contributed by atoms with van der Waals surface area (Å²) in [4.78, 5) is 3.61. The molecule has 0 fully saturated rings. The summed E-state index contributed by atoms with van der Waals surface area (Å²) in [7, 11) is 1.51. The van der Waals surface area contributed by atoms with Crippen molar-refractivity contribution in [1.29, 1.82) is 0 Å². The third-order valence-electron chi connectivity index (χ3n) is 1.48. The topological polar surface area (TPSA) is 33.6 Å². The van der Waals surface area contributed by atoms with E-state index in [-0.39, 0.29) is 5.69 Å². The van der Waals surface area contributed by atoms with Gasteiger partial charge in [-0.1, -0.05) is 0 Å². The van der Waals surface area contributed by atoms with Crippen molar-refractivity contribution in [3.8, 4) is 5.75 Å². The standard InChI is InChI=1S/C8H9FN2O/c1-10-7-4-3-6(12-2)5-8(7)11-9/h3-5,11H,1H2,2H3. The maximum atomic E-state index is 12.1. The number of ether oxygens (including phenoxy) is 1. The summed E-state index contributed by atoms with van der Waals surface area (Å²) in [5.41, 5.74) is 2.22. The molecule has 64 valence electrons. The molecule has 0 amide bonds. The van der Waals surface area contributed by atoms with Crippen LogP contribution in [0.5, 0.6) is 5.75 Å². The lowest BCUT2D eigenvalue weighted by Gasteiger charge is -2.04. The Balaban J connectivity index is 3.10. The third kappa shape index (κ3) is 1.53. The number of benzene rings is 1. The largest absolute Gasteiger partial charge is 0.497 e. The van der Waals surface area contributed by atoms with Crippen LogP contribution in [0.2, 0.25) is 0 Å². The lowest BCUT2D eigenvalue weighted by atomic mass is 10.2. The van der Waals surface area contributed by atoms with Crippen LogP contribution in [0.15, 0.2) is 23.2 Å². The fourth-order valence-corrected chi connectivity index (χ4v) is 0.856. The fourth-order valence-electron chi connectivity index (χ4n) is 0.856. The summed E-state index contributed by atoms with van der Waals surface area (Å²) < 4.78 is 17.0. The van der Waals surface area contributed by atoms with Gasteiger partial charge in [0.1, 0.15) is 5.75 Å². The number of nitrogens with zero attached hydrogens (tertiary/aromatic N) is 1. The summed E-state index contributed by atoms with van der Waals surface area (Å²) in [5, 5.41) is 0. The molecule has 4 heteroatoms. The second-order valence-electron chi connectivity index (χ2n) is 2.14. The van der Waals surface area contributed by atoms with E-state index in [0.29, 0.717) is 11.4 Å². The van der Waals surface area contributed by atoms with Gasteiger partial charge in [-0.2, -0.15) is 0 Å². The molecule has 0 heterocycles. The number of hydrogen-bond acceptors (Lipinski definition) is 3. The van der Waals surface area contributed by atoms with E-state index in [0.717, 1.165) is 0 Å². The number of halogens is 1. The van der Waals surface area contributed by atoms with Crippen molar-refractivity contribution >= 4 is 18.1 Å². The van der Waals surface area contributed by atoms with E-state index in [4.69, 9.17) is 4.74 Å². The molecule has 0 saturated carbocycles. The molecule has 0 aliphatic rings. The Morgan fingerprint density at radius 3 is 2.83 bits per heavy atom. The van der Waals surface area contributed by atoms with Crippen LogP contribution in [0, 0.1) is 0 Å². The van der Waals surface area contributed by atoms with E-state index in [9.17, 15) is 4.48 Å². The summed E-state index contributed by atoms with van der Waals surface area (Å²) in [6, 6.07) is 4.81. The molecule has 1 N–H and O–H groups in total. The Morgan fingerprint density at radius 1 is 1.58 bits per heavy atom. The van der Waals surface area contributed by atoms with E-state index in [1.54, 1.807) is 12.1 Å². The number of anilines is 1. The first kappa shape index (κ1) is 8.52. The van der Waals surface area contributed by atoms with Crippen molar-refractivity contribution in [2.75, 3.05) is 12.6 Å². The molecule has 3 nitrogen and oxygen atoms in total. The van der Waals surface area contributed by atoms with Gasteiger partial charge in [-0.15, -0.1) is 4.48 Å². The first-order valence-corrected chi connectivity index (χ1v) is 3.33. The highest BCUT2D eigenvalue weighted by Gasteiger charge is 2.01. The average molecular weight is 168 g/mol. The van der Waals surface area contributed by atoms with E-state index >= 15 is 0 Å². The van der Waals surface area contributed by atoms with Crippen LogP contribution in [0.1, 0.15) is 0 Å². The van der Waals surface area contributed by atoms with Gasteiger partial charge in [0, 0.05) is 6.07 Å². The minimum Gasteiger partial charge on any atom is -0.497 e. The molecule has 0 bridgehead atoms. The van der Waals surface area contributed by atoms with Gasteiger partial charge in [-0.3, -0.25) is 4.99 Å². The zero-order valence-corrected chi connectivity index (χ0v) is 6.67. The summed E-state index contributed by atoms with van der Waals surface area (Å²) in [6.45, 7) is 3.30. The molecule has 1 rings (SSSR count). The maximum Gasteiger partial charge on any atom is 0.121 e. The molecule has 0 aromatic heterocycles. The van der Waals surface area contributed by atoms with Gasteiger partial charge in [-0.25, -0.2) is 5.54 Å². The Morgan fingerprint density at radius 2 is 2.33 bits per heavy atom. The van der Waals surface area contributed by atoms with E-state index < -0.39 is 0 Å². The molecule has 0 spiro atoms. The zero-order valence-electron chi connectivity index (χ0n) is 6.67. The summed E-state index contributed by atoms with van der Waals surface area (Å²) >= 11 is 0. The van der Waals surface area contributed by atoms with Crippen LogP contribution >= 0.6 is 0 Å². The van der Waals surface area contributed by atoms with Crippen LogP contribution in [0.25, 0.3) is 0 Å². The van der Waals surface area contributed by atoms with Crippen LogP contribution in [0.4, 0.5) is 15.9 Å². The van der Waals surface area contributed by atoms with Crippen LogP contribution < -0.4 is 10.3 Å². The van der Waals surface area contributed by atoms with Gasteiger partial charge in [0.15, 0.2) is 0 Å². The first-order chi connectivity index (χ1) is 5.81. The van der Waals surface area contributed by atoms with Crippen molar-refractivity contribution < 1.29 is 9.22 Å². The predicted molar refractivity (Wildman–Crippen MR) is 46.9 cm³/mol. The molecular weight excluding hydrogens is 159 g/mol. The summed E-state index contributed by atoms with van der Waals surface area (Å²) in [5.74, 6) is 0.572. The minimum atomic E-state index is 0.254. The molecule has 0 radical (unpaired) electrons. The quantitative estimate of drug-likeness (QED) is 0.555. The highest BCUT2D eigenvalue weighted by Crippen LogP contribution is 2.28. The molecule has 0 atom stereocenters. The molecule has 0 aliphatic carbocycles. The second-order valence-corrected chi connectivity index (χ2v) is 2.14. The molecular formula is C8H9FN2O. The van der Waals surface area contributed by atoms with Gasteiger partial charge in [0.2, 0.25) is 0 Å². The normalized spacial score (nSPS) is 9.17. The Labute approximate surface area is 69.8 Å². The number of rotatable bonds is 3. The SMILES string of the molecule is C=Nc1ccc(OC)cc1NF. The van der Waals surface area contributed by atoms with Crippen LogP contribution in [-0.4, -0.2) is 13.8 Å². The Bertz CT molecular complexity index is 288. The van der Waals surface area contributed by atoms with Crippen molar-refractivity contribution in [3.05, 3.63) is 18.2 Å².